The van der Waals surface area contributed by atoms with Crippen LogP contribution in [0.5, 0.6) is 0 Å². The quantitative estimate of drug-likeness (QED) is 0.865. The summed E-state index contributed by atoms with van der Waals surface area (Å²) in [5.74, 6) is -0.00999. The monoisotopic (exact) mass is 244 g/mol. The van der Waals surface area contributed by atoms with Crippen LogP contribution in [0.2, 0.25) is 0 Å². The number of carbonyl (C=O) groups is 1. The van der Waals surface area contributed by atoms with E-state index in [0.717, 1.165) is 12.8 Å². The van der Waals surface area contributed by atoms with Gasteiger partial charge in [-0.25, -0.2) is 0 Å². The van der Waals surface area contributed by atoms with Gasteiger partial charge in [0.15, 0.2) is 0 Å². The molecule has 2 aliphatic rings. The summed E-state index contributed by atoms with van der Waals surface area (Å²) in [7, 11) is 0. The van der Waals surface area contributed by atoms with Gasteiger partial charge in [-0.05, 0) is 47.6 Å². The molecule has 0 radical (unpaired) electrons. The van der Waals surface area contributed by atoms with Crippen molar-refractivity contribution < 1.29 is 9.90 Å². The van der Waals surface area contributed by atoms with Crippen LogP contribution in [0, 0.1) is 17.3 Å². The van der Waals surface area contributed by atoms with Crippen molar-refractivity contribution in [1.82, 2.24) is 0 Å². The van der Waals surface area contributed by atoms with Crippen LogP contribution in [0.25, 0.3) is 0 Å². The fourth-order valence-electron chi connectivity index (χ4n) is 4.06. The molecule has 1 N–H and O–H groups in total. The summed E-state index contributed by atoms with van der Waals surface area (Å²) in [4.78, 5) is 11.3. The van der Waals surface area contributed by atoms with Gasteiger partial charge in [0.25, 0.3) is 0 Å². The molecular weight excluding hydrogens is 224 g/mol. The van der Waals surface area contributed by atoms with Crippen molar-refractivity contribution in [1.29, 1.82) is 0 Å². The lowest BCUT2D eigenvalue weighted by molar-refractivity contribution is -0.139. The van der Waals surface area contributed by atoms with Crippen molar-refractivity contribution >= 4 is 5.97 Å². The Labute approximate surface area is 108 Å². The standard InChI is InChI=1S/C16H20O2/c1-16(2)13(14(16)15(17)18)12-9-5-7-10-6-3-4-8-11(10)12/h3-4,6,8,12-14H,5,7,9H2,1-2H3,(H,17,18). The average molecular weight is 244 g/mol. The largest absolute Gasteiger partial charge is 0.481 e. The zero-order valence-electron chi connectivity index (χ0n) is 11.0. The Morgan fingerprint density at radius 3 is 2.72 bits per heavy atom. The summed E-state index contributed by atoms with van der Waals surface area (Å²) in [5.41, 5.74) is 2.80. The van der Waals surface area contributed by atoms with Crippen LogP contribution in [0.15, 0.2) is 24.3 Å². The number of aliphatic carboxylic acids is 1. The van der Waals surface area contributed by atoms with Gasteiger partial charge in [-0.2, -0.15) is 0 Å². The van der Waals surface area contributed by atoms with Crippen LogP contribution in [-0.2, 0) is 11.2 Å². The van der Waals surface area contributed by atoms with E-state index >= 15 is 0 Å². The van der Waals surface area contributed by atoms with Crippen molar-refractivity contribution in [2.45, 2.75) is 39.0 Å². The number of benzene rings is 1. The third-order valence-electron chi connectivity index (χ3n) is 5.03. The van der Waals surface area contributed by atoms with E-state index < -0.39 is 5.97 Å². The maximum absolute atomic E-state index is 11.3. The first-order chi connectivity index (χ1) is 8.53. The second-order valence-electron chi connectivity index (χ2n) is 6.36. The molecule has 18 heavy (non-hydrogen) atoms. The Kier molecular flexibility index (Phi) is 2.51. The third kappa shape index (κ3) is 1.58. The lowest BCUT2D eigenvalue weighted by Gasteiger charge is -2.26. The van der Waals surface area contributed by atoms with Gasteiger partial charge in [-0.15, -0.1) is 0 Å². The minimum absolute atomic E-state index is 0.0407. The Bertz CT molecular complexity index is 490. The SMILES string of the molecule is CC1(C)C(C(=O)O)C1C1CCCc2ccccc21. The molecular formula is C16H20O2. The molecule has 2 nitrogen and oxygen atoms in total. The molecule has 0 bridgehead atoms. The van der Waals surface area contributed by atoms with Crippen LogP contribution in [0.4, 0.5) is 0 Å². The molecule has 0 saturated heterocycles. The van der Waals surface area contributed by atoms with E-state index in [1.807, 2.05) is 0 Å². The predicted molar refractivity (Wildman–Crippen MR) is 70.5 cm³/mol. The first-order valence-electron chi connectivity index (χ1n) is 6.84. The summed E-state index contributed by atoms with van der Waals surface area (Å²) in [6.45, 7) is 4.21. The first-order valence-corrected chi connectivity index (χ1v) is 6.84. The molecule has 96 valence electrons. The van der Waals surface area contributed by atoms with Gasteiger partial charge < -0.3 is 5.11 Å². The minimum Gasteiger partial charge on any atom is -0.481 e. The Hall–Kier alpha value is -1.31. The molecule has 0 spiro atoms. The molecule has 1 fully saturated rings. The normalized spacial score (nSPS) is 32.7. The summed E-state index contributed by atoms with van der Waals surface area (Å²) in [5, 5.41) is 9.34. The van der Waals surface area contributed by atoms with Gasteiger partial charge >= 0.3 is 5.97 Å². The zero-order valence-corrected chi connectivity index (χ0v) is 11.0. The Morgan fingerprint density at radius 1 is 1.33 bits per heavy atom. The molecule has 0 heterocycles. The van der Waals surface area contributed by atoms with E-state index in [1.165, 1.54) is 17.5 Å². The molecule has 1 aromatic rings. The van der Waals surface area contributed by atoms with Crippen molar-refractivity contribution in [2.75, 3.05) is 0 Å². The van der Waals surface area contributed by atoms with Gasteiger partial charge in [0.05, 0.1) is 5.92 Å². The topological polar surface area (TPSA) is 37.3 Å². The second-order valence-corrected chi connectivity index (χ2v) is 6.36. The summed E-state index contributed by atoms with van der Waals surface area (Å²) < 4.78 is 0. The smallest absolute Gasteiger partial charge is 0.307 e. The predicted octanol–water partition coefficient (Wildman–Crippen LogP) is 3.46. The van der Waals surface area contributed by atoms with E-state index in [4.69, 9.17) is 0 Å². The highest BCUT2D eigenvalue weighted by Gasteiger charge is 2.64. The number of aryl methyl sites for hydroxylation is 1. The molecule has 1 saturated carbocycles. The van der Waals surface area contributed by atoms with E-state index in [0.29, 0.717) is 11.8 Å². The summed E-state index contributed by atoms with van der Waals surface area (Å²) >= 11 is 0. The highest BCUT2D eigenvalue weighted by Crippen LogP contribution is 2.65. The highest BCUT2D eigenvalue weighted by atomic mass is 16.4. The fraction of sp³-hybridized carbons (Fsp3) is 0.562. The number of carboxylic acids is 1. The van der Waals surface area contributed by atoms with Gasteiger partial charge in [-0.1, -0.05) is 38.1 Å². The molecule has 0 aromatic heterocycles. The van der Waals surface area contributed by atoms with Gasteiger partial charge in [0.2, 0.25) is 0 Å². The molecule has 2 heteroatoms. The van der Waals surface area contributed by atoms with Crippen molar-refractivity contribution in [2.24, 2.45) is 17.3 Å². The van der Waals surface area contributed by atoms with Crippen molar-refractivity contribution in [3.8, 4) is 0 Å². The van der Waals surface area contributed by atoms with Gasteiger partial charge in [0, 0.05) is 0 Å². The number of fused-ring (bicyclic) bond motifs is 1. The molecule has 0 aliphatic heterocycles. The molecule has 3 unspecified atom stereocenters. The third-order valence-corrected chi connectivity index (χ3v) is 5.03. The van der Waals surface area contributed by atoms with E-state index in [9.17, 15) is 9.90 Å². The number of hydrogen-bond donors (Lipinski definition) is 1. The maximum Gasteiger partial charge on any atom is 0.307 e. The first kappa shape index (κ1) is 11.8. The van der Waals surface area contributed by atoms with E-state index in [-0.39, 0.29) is 11.3 Å². The molecule has 2 aliphatic carbocycles. The van der Waals surface area contributed by atoms with E-state index in [2.05, 4.69) is 38.1 Å². The minimum atomic E-state index is -0.618. The van der Waals surface area contributed by atoms with Crippen LogP contribution in [0.3, 0.4) is 0 Å². The molecule has 3 rings (SSSR count). The lowest BCUT2D eigenvalue weighted by atomic mass is 9.78. The molecule has 3 atom stereocenters. The highest BCUT2D eigenvalue weighted by molar-refractivity contribution is 5.76. The number of carboxylic acid groups (broad SMARTS) is 1. The zero-order chi connectivity index (χ0) is 12.9. The lowest BCUT2D eigenvalue weighted by Crippen LogP contribution is -2.14. The number of rotatable bonds is 2. The second kappa shape index (κ2) is 3.84. The van der Waals surface area contributed by atoms with Crippen molar-refractivity contribution in [3.63, 3.8) is 0 Å². The van der Waals surface area contributed by atoms with Gasteiger partial charge in [0.1, 0.15) is 0 Å². The van der Waals surface area contributed by atoms with Crippen LogP contribution in [-0.4, -0.2) is 11.1 Å². The number of hydrogen-bond acceptors (Lipinski definition) is 1. The molecule has 1 aromatic carbocycles. The van der Waals surface area contributed by atoms with Gasteiger partial charge in [-0.3, -0.25) is 4.79 Å². The summed E-state index contributed by atoms with van der Waals surface area (Å²) in [6.07, 6.45) is 3.49. The average Bonchev–Trinajstić information content (AvgIpc) is 2.91. The van der Waals surface area contributed by atoms with Crippen LogP contribution < -0.4 is 0 Å². The van der Waals surface area contributed by atoms with Crippen molar-refractivity contribution in [3.05, 3.63) is 35.4 Å². The fourth-order valence-corrected chi connectivity index (χ4v) is 4.06. The van der Waals surface area contributed by atoms with Crippen LogP contribution >= 0.6 is 0 Å². The van der Waals surface area contributed by atoms with E-state index in [1.54, 1.807) is 0 Å². The summed E-state index contributed by atoms with van der Waals surface area (Å²) in [6, 6.07) is 8.58. The maximum atomic E-state index is 11.3. The van der Waals surface area contributed by atoms with Crippen LogP contribution in [0.1, 0.15) is 43.7 Å². The molecule has 0 amide bonds. The Morgan fingerprint density at radius 2 is 2.06 bits per heavy atom. The Balaban J connectivity index is 1.94.